The molecule has 0 bridgehead atoms. The first-order valence-electron chi connectivity index (χ1n) is 7.90. The molecule has 1 aliphatic heterocycles. The van der Waals surface area contributed by atoms with Crippen LogP contribution in [0.3, 0.4) is 0 Å². The molecule has 0 spiro atoms. The molecule has 1 heterocycles. The van der Waals surface area contributed by atoms with Gasteiger partial charge in [0.25, 0.3) is 0 Å². The third-order valence-electron chi connectivity index (χ3n) is 4.61. The van der Waals surface area contributed by atoms with Crippen molar-refractivity contribution < 1.29 is 0 Å². The minimum Gasteiger partial charge on any atom is -0.299 e. The molecule has 1 aliphatic carbocycles. The molecule has 0 unspecified atom stereocenters. The van der Waals surface area contributed by atoms with Crippen LogP contribution < -0.4 is 0 Å². The van der Waals surface area contributed by atoms with E-state index in [-0.39, 0.29) is 12.4 Å². The van der Waals surface area contributed by atoms with Gasteiger partial charge in [0.15, 0.2) is 0 Å². The lowest BCUT2D eigenvalue weighted by atomic mass is 9.91. The van der Waals surface area contributed by atoms with E-state index in [1.807, 2.05) is 0 Å². The fourth-order valence-corrected chi connectivity index (χ4v) is 3.54. The molecule has 2 heteroatoms. The zero-order valence-corrected chi connectivity index (χ0v) is 13.3. The van der Waals surface area contributed by atoms with Crippen molar-refractivity contribution in [2.24, 2.45) is 0 Å². The summed E-state index contributed by atoms with van der Waals surface area (Å²) in [6.07, 6.45) is 7.82. The van der Waals surface area contributed by atoms with Gasteiger partial charge in [-0.1, -0.05) is 43.2 Å². The predicted octanol–water partition coefficient (Wildman–Crippen LogP) is 4.70. The Hall–Kier alpha value is -0.790. The van der Waals surface area contributed by atoms with Crippen LogP contribution in [0.5, 0.6) is 0 Å². The van der Waals surface area contributed by atoms with E-state index in [0.29, 0.717) is 0 Å². The normalized spacial score (nSPS) is 18.9. The number of fused-ring (bicyclic) bond motifs is 2. The lowest BCUT2D eigenvalue weighted by molar-refractivity contribution is 0.286. The van der Waals surface area contributed by atoms with Crippen LogP contribution in [0.4, 0.5) is 0 Å². The van der Waals surface area contributed by atoms with Gasteiger partial charge < -0.3 is 0 Å². The van der Waals surface area contributed by atoms with Crippen LogP contribution in [0.25, 0.3) is 5.57 Å². The van der Waals surface area contributed by atoms with Crippen molar-refractivity contribution in [2.75, 3.05) is 19.6 Å². The molecule has 20 heavy (non-hydrogen) atoms. The first-order valence-corrected chi connectivity index (χ1v) is 7.90. The molecule has 0 amide bonds. The van der Waals surface area contributed by atoms with E-state index in [4.69, 9.17) is 0 Å². The summed E-state index contributed by atoms with van der Waals surface area (Å²) in [5.74, 6) is 0. The van der Waals surface area contributed by atoms with Crippen LogP contribution in [-0.4, -0.2) is 24.5 Å². The average Bonchev–Trinajstić information content (AvgIpc) is 2.64. The molecule has 0 saturated carbocycles. The van der Waals surface area contributed by atoms with Gasteiger partial charge in [0, 0.05) is 13.1 Å². The number of hydrogen-bond donors (Lipinski definition) is 0. The first kappa shape index (κ1) is 15.6. The van der Waals surface area contributed by atoms with Crippen molar-refractivity contribution in [1.82, 2.24) is 4.90 Å². The smallest absolute Gasteiger partial charge is 0.0199 e. The van der Waals surface area contributed by atoms with Gasteiger partial charge in [0.1, 0.15) is 0 Å². The molecule has 0 fully saturated rings. The summed E-state index contributed by atoms with van der Waals surface area (Å²) in [4.78, 5) is 2.66. The van der Waals surface area contributed by atoms with Crippen molar-refractivity contribution in [3.8, 4) is 0 Å². The van der Waals surface area contributed by atoms with Crippen molar-refractivity contribution >= 4 is 18.0 Å². The van der Waals surface area contributed by atoms with Gasteiger partial charge in [-0.2, -0.15) is 0 Å². The first-order chi connectivity index (χ1) is 9.38. The maximum atomic E-state index is 2.66. The number of rotatable bonds is 3. The second-order valence-corrected chi connectivity index (χ2v) is 5.97. The Balaban J connectivity index is 0.00000147. The van der Waals surface area contributed by atoms with Crippen LogP contribution in [0.15, 0.2) is 29.8 Å². The molecule has 0 radical (unpaired) electrons. The lowest BCUT2D eigenvalue weighted by Crippen LogP contribution is -2.32. The summed E-state index contributed by atoms with van der Waals surface area (Å²) < 4.78 is 0. The van der Waals surface area contributed by atoms with Gasteiger partial charge in [0.2, 0.25) is 0 Å². The topological polar surface area (TPSA) is 3.24 Å². The maximum absolute atomic E-state index is 2.66. The second-order valence-electron chi connectivity index (χ2n) is 5.97. The number of unbranched alkanes of at least 4 members (excludes halogenated alkanes) is 1. The molecule has 3 rings (SSSR count). The Morgan fingerprint density at radius 1 is 1.10 bits per heavy atom. The number of aryl methyl sites for hydroxylation is 1. The molecule has 1 aromatic rings. The minimum atomic E-state index is 0. The van der Waals surface area contributed by atoms with E-state index in [1.165, 1.54) is 58.2 Å². The van der Waals surface area contributed by atoms with Gasteiger partial charge in [-0.3, -0.25) is 4.90 Å². The zero-order valence-electron chi connectivity index (χ0n) is 12.5. The van der Waals surface area contributed by atoms with Crippen molar-refractivity contribution in [3.63, 3.8) is 0 Å². The Labute approximate surface area is 129 Å². The van der Waals surface area contributed by atoms with E-state index in [9.17, 15) is 0 Å². The van der Waals surface area contributed by atoms with Crippen LogP contribution in [0.2, 0.25) is 0 Å². The van der Waals surface area contributed by atoms with E-state index in [0.717, 1.165) is 0 Å². The molecule has 0 N–H and O–H groups in total. The highest BCUT2D eigenvalue weighted by atomic mass is 35.5. The quantitative estimate of drug-likeness (QED) is 0.780. The van der Waals surface area contributed by atoms with E-state index >= 15 is 0 Å². The molecular formula is C18H26ClN. The lowest BCUT2D eigenvalue weighted by Gasteiger charge is -2.30. The fourth-order valence-electron chi connectivity index (χ4n) is 3.54. The van der Waals surface area contributed by atoms with Gasteiger partial charge in [-0.15, -0.1) is 12.4 Å². The van der Waals surface area contributed by atoms with Crippen LogP contribution in [0.1, 0.15) is 50.2 Å². The maximum Gasteiger partial charge on any atom is 0.0199 e. The van der Waals surface area contributed by atoms with Crippen molar-refractivity contribution in [2.45, 2.75) is 45.4 Å². The number of hydrogen-bond acceptors (Lipinski definition) is 1. The molecule has 1 nitrogen and oxygen atoms in total. The summed E-state index contributed by atoms with van der Waals surface area (Å²) in [7, 11) is 0. The minimum absolute atomic E-state index is 0. The molecule has 110 valence electrons. The third kappa shape index (κ3) is 3.27. The van der Waals surface area contributed by atoms with Gasteiger partial charge in [-0.05, 0) is 55.3 Å². The number of benzene rings is 1. The largest absolute Gasteiger partial charge is 0.299 e. The molecule has 2 aliphatic rings. The summed E-state index contributed by atoms with van der Waals surface area (Å²) in [5.41, 5.74) is 6.55. The Morgan fingerprint density at radius 2 is 1.95 bits per heavy atom. The SMILES string of the molecule is CCCCN1CCC2=C(CCCc3ccccc32)C1.Cl. The highest BCUT2D eigenvalue weighted by Crippen LogP contribution is 2.35. The Morgan fingerprint density at radius 3 is 2.80 bits per heavy atom. The van der Waals surface area contributed by atoms with Crippen LogP contribution in [0, 0.1) is 0 Å². The van der Waals surface area contributed by atoms with E-state index in [2.05, 4.69) is 36.1 Å². The molecule has 0 atom stereocenters. The fraction of sp³-hybridized carbons (Fsp3) is 0.556. The molecular weight excluding hydrogens is 266 g/mol. The zero-order chi connectivity index (χ0) is 13.1. The number of halogens is 1. The Kier molecular flexibility index (Phi) is 5.68. The van der Waals surface area contributed by atoms with Crippen LogP contribution in [-0.2, 0) is 6.42 Å². The molecule has 0 saturated heterocycles. The summed E-state index contributed by atoms with van der Waals surface area (Å²) in [6, 6.07) is 9.07. The van der Waals surface area contributed by atoms with Gasteiger partial charge in [0.05, 0.1) is 0 Å². The highest BCUT2D eigenvalue weighted by Gasteiger charge is 2.22. The van der Waals surface area contributed by atoms with Crippen molar-refractivity contribution in [3.05, 3.63) is 41.0 Å². The van der Waals surface area contributed by atoms with Gasteiger partial charge in [-0.25, -0.2) is 0 Å². The third-order valence-corrected chi connectivity index (χ3v) is 4.61. The summed E-state index contributed by atoms with van der Waals surface area (Å²) in [6.45, 7) is 6.06. The van der Waals surface area contributed by atoms with Crippen LogP contribution >= 0.6 is 12.4 Å². The van der Waals surface area contributed by atoms with Gasteiger partial charge >= 0.3 is 0 Å². The average molecular weight is 292 g/mol. The summed E-state index contributed by atoms with van der Waals surface area (Å²) >= 11 is 0. The predicted molar refractivity (Wildman–Crippen MR) is 89.5 cm³/mol. The standard InChI is InChI=1S/C18H25N.ClH/c1-2-3-12-19-13-11-18-16(14-19)9-6-8-15-7-4-5-10-17(15)18;/h4-5,7,10H,2-3,6,8-9,11-14H2,1H3;1H. The van der Waals surface area contributed by atoms with E-state index in [1.54, 1.807) is 22.3 Å². The van der Waals surface area contributed by atoms with Crippen molar-refractivity contribution in [1.29, 1.82) is 0 Å². The Bertz CT molecular complexity index is 478. The van der Waals surface area contributed by atoms with E-state index < -0.39 is 0 Å². The molecule has 0 aromatic heterocycles. The monoisotopic (exact) mass is 291 g/mol. The molecule has 1 aromatic carbocycles. The number of nitrogens with zero attached hydrogens (tertiary/aromatic N) is 1. The highest BCUT2D eigenvalue weighted by molar-refractivity contribution is 5.85. The summed E-state index contributed by atoms with van der Waals surface area (Å²) in [5, 5.41) is 0. The second kappa shape index (κ2) is 7.28.